The van der Waals surface area contributed by atoms with Gasteiger partial charge in [0.25, 0.3) is 6.47 Å². The average Bonchev–Trinajstić information content (AvgIpc) is 3.09. The van der Waals surface area contributed by atoms with Crippen molar-refractivity contribution in [3.05, 3.63) is 11.8 Å². The minimum Gasteiger partial charge on any atom is -0.466 e. The van der Waals surface area contributed by atoms with Crippen molar-refractivity contribution in [1.29, 1.82) is 0 Å². The van der Waals surface area contributed by atoms with Gasteiger partial charge in [-0.3, -0.25) is 9.79 Å². The second-order valence-corrected chi connectivity index (χ2v) is 7.58. The van der Waals surface area contributed by atoms with E-state index in [-0.39, 0.29) is 6.04 Å². The number of rotatable bonds is 7. The number of ether oxygens (including phenoxy) is 1. The minimum absolute atomic E-state index is 0.187. The van der Waals surface area contributed by atoms with Gasteiger partial charge in [0.1, 0.15) is 6.61 Å². The zero-order chi connectivity index (χ0) is 16.0. The summed E-state index contributed by atoms with van der Waals surface area (Å²) in [7, 11) is 0. The molecule has 2 aliphatic carbocycles. The maximum absolute atomic E-state index is 10.5. The Kier molecular flexibility index (Phi) is 5.87. The second kappa shape index (κ2) is 8.09. The Balaban J connectivity index is 1.49. The van der Waals surface area contributed by atoms with Gasteiger partial charge in [-0.05, 0) is 43.9 Å². The van der Waals surface area contributed by atoms with Crippen LogP contribution in [0.2, 0.25) is 0 Å². The molecule has 2 fully saturated rings. The largest absolute Gasteiger partial charge is 0.466 e. The van der Waals surface area contributed by atoms with Gasteiger partial charge in [0.05, 0.1) is 0 Å². The van der Waals surface area contributed by atoms with E-state index in [1.54, 1.807) is 0 Å². The molecule has 1 N–H and O–H groups in total. The molecule has 1 spiro atoms. The molecule has 4 nitrogen and oxygen atoms in total. The third kappa shape index (κ3) is 4.66. The van der Waals surface area contributed by atoms with Crippen molar-refractivity contribution in [3.8, 4) is 0 Å². The van der Waals surface area contributed by atoms with Crippen LogP contribution in [0.1, 0.15) is 70.6 Å². The van der Waals surface area contributed by atoms with Gasteiger partial charge in [-0.2, -0.15) is 0 Å². The zero-order valence-corrected chi connectivity index (χ0v) is 14.1. The Morgan fingerprint density at radius 2 is 2.04 bits per heavy atom. The summed E-state index contributed by atoms with van der Waals surface area (Å²) in [5.74, 6) is 0. The lowest BCUT2D eigenvalue weighted by molar-refractivity contribution is -0.129. The molecule has 1 atom stereocenters. The summed E-state index contributed by atoms with van der Waals surface area (Å²) >= 11 is 0. The van der Waals surface area contributed by atoms with Crippen molar-refractivity contribution in [2.45, 2.75) is 82.7 Å². The fraction of sp³-hybridized carbons (Fsp3) is 0.789. The van der Waals surface area contributed by atoms with Crippen LogP contribution in [0.15, 0.2) is 16.8 Å². The molecule has 2 saturated carbocycles. The maximum Gasteiger partial charge on any atom is 0.293 e. The van der Waals surface area contributed by atoms with Gasteiger partial charge >= 0.3 is 0 Å². The van der Waals surface area contributed by atoms with Crippen LogP contribution in [0.4, 0.5) is 0 Å². The summed E-state index contributed by atoms with van der Waals surface area (Å²) in [6.45, 7) is 0.997. The van der Waals surface area contributed by atoms with Crippen LogP contribution >= 0.6 is 0 Å². The third-order valence-electron chi connectivity index (χ3n) is 5.97. The fourth-order valence-corrected chi connectivity index (χ4v) is 4.65. The number of hydrogen-bond acceptors (Lipinski definition) is 4. The van der Waals surface area contributed by atoms with Gasteiger partial charge in [-0.25, -0.2) is 0 Å². The van der Waals surface area contributed by atoms with E-state index in [1.807, 2.05) is 6.21 Å². The van der Waals surface area contributed by atoms with Crippen LogP contribution < -0.4 is 5.32 Å². The number of carbonyl (C=O) groups excluding carboxylic acids is 1. The van der Waals surface area contributed by atoms with Crippen LogP contribution in [-0.2, 0) is 9.53 Å². The van der Waals surface area contributed by atoms with Gasteiger partial charge in [0, 0.05) is 36.8 Å². The molecule has 0 radical (unpaired) electrons. The fourth-order valence-electron chi connectivity index (χ4n) is 4.65. The molecule has 1 heterocycles. The Labute approximate surface area is 139 Å². The normalized spacial score (nSPS) is 25.3. The van der Waals surface area contributed by atoms with Crippen molar-refractivity contribution in [2.75, 3.05) is 6.61 Å². The van der Waals surface area contributed by atoms with Crippen LogP contribution in [-0.4, -0.2) is 31.4 Å². The highest BCUT2D eigenvalue weighted by Gasteiger charge is 2.36. The molecule has 0 unspecified atom stereocenters. The molecular formula is C19H30N2O2. The maximum atomic E-state index is 10.5. The predicted molar refractivity (Wildman–Crippen MR) is 92.5 cm³/mol. The highest BCUT2D eigenvalue weighted by Crippen LogP contribution is 2.47. The lowest BCUT2D eigenvalue weighted by Gasteiger charge is -2.43. The molecule has 4 heteroatoms. The molecule has 0 aromatic heterocycles. The summed E-state index contributed by atoms with van der Waals surface area (Å²) in [5.41, 5.74) is 1.78. The summed E-state index contributed by atoms with van der Waals surface area (Å²) in [6, 6.07) is 0.751. The lowest BCUT2D eigenvalue weighted by atomic mass is 9.64. The van der Waals surface area contributed by atoms with Gasteiger partial charge in [0.15, 0.2) is 0 Å². The van der Waals surface area contributed by atoms with Crippen LogP contribution in [0.3, 0.4) is 0 Å². The number of carbonyl (C=O) groups is 1. The number of hydrogen-bond donors (Lipinski definition) is 1. The molecule has 1 aliphatic heterocycles. The summed E-state index contributed by atoms with van der Waals surface area (Å²) < 4.78 is 5.04. The van der Waals surface area contributed by atoms with Gasteiger partial charge < -0.3 is 10.1 Å². The summed E-state index contributed by atoms with van der Waals surface area (Å²) in [6.07, 6.45) is 18.3. The molecule has 128 valence electrons. The molecule has 0 aromatic carbocycles. The first-order valence-electron chi connectivity index (χ1n) is 9.33. The Morgan fingerprint density at radius 1 is 1.26 bits per heavy atom. The monoisotopic (exact) mass is 318 g/mol. The van der Waals surface area contributed by atoms with Crippen molar-refractivity contribution < 1.29 is 9.53 Å². The van der Waals surface area contributed by atoms with E-state index in [1.165, 1.54) is 57.8 Å². The zero-order valence-electron chi connectivity index (χ0n) is 14.1. The smallest absolute Gasteiger partial charge is 0.293 e. The molecule has 3 aliphatic rings. The Morgan fingerprint density at radius 3 is 2.70 bits per heavy atom. The van der Waals surface area contributed by atoms with Crippen LogP contribution in [0.25, 0.3) is 0 Å². The van der Waals surface area contributed by atoms with Gasteiger partial charge in [-0.15, -0.1) is 0 Å². The van der Waals surface area contributed by atoms with Crippen molar-refractivity contribution in [2.24, 2.45) is 10.4 Å². The van der Waals surface area contributed by atoms with E-state index in [2.05, 4.69) is 16.4 Å². The van der Waals surface area contributed by atoms with Crippen molar-refractivity contribution in [1.82, 2.24) is 5.32 Å². The predicted octanol–water partition coefficient (Wildman–Crippen LogP) is 3.76. The van der Waals surface area contributed by atoms with E-state index in [0.29, 0.717) is 24.5 Å². The average molecular weight is 318 g/mol. The van der Waals surface area contributed by atoms with Crippen LogP contribution in [0, 0.1) is 5.41 Å². The number of allylic oxidation sites excluding steroid dienone is 1. The third-order valence-corrected chi connectivity index (χ3v) is 5.97. The molecule has 0 saturated heterocycles. The van der Waals surface area contributed by atoms with E-state index < -0.39 is 0 Å². The van der Waals surface area contributed by atoms with E-state index in [0.717, 1.165) is 18.5 Å². The SMILES string of the molecule is O=COC[C@H](CC1=CCC=N1)NC1CCC2(CCCCC2)CC1. The second-order valence-electron chi connectivity index (χ2n) is 7.58. The van der Waals surface area contributed by atoms with E-state index in [4.69, 9.17) is 4.74 Å². The quantitative estimate of drug-likeness (QED) is 0.727. The number of nitrogens with zero attached hydrogens (tertiary/aromatic N) is 1. The van der Waals surface area contributed by atoms with E-state index >= 15 is 0 Å². The molecular weight excluding hydrogens is 288 g/mol. The van der Waals surface area contributed by atoms with Crippen LogP contribution in [0.5, 0.6) is 0 Å². The molecule has 23 heavy (non-hydrogen) atoms. The standard InChI is InChI=1S/C19H30N2O2/c22-15-23-14-18(13-17-5-4-12-20-17)21-16-6-10-19(11-7-16)8-2-1-3-9-19/h5,12,15-16,18,21H,1-4,6-11,13-14H2/t18-/m0/s1. The van der Waals surface area contributed by atoms with Crippen molar-refractivity contribution in [3.63, 3.8) is 0 Å². The first-order valence-corrected chi connectivity index (χ1v) is 9.33. The lowest BCUT2D eigenvalue weighted by Crippen LogP contribution is -2.45. The van der Waals surface area contributed by atoms with Crippen molar-refractivity contribution >= 4 is 12.7 Å². The summed E-state index contributed by atoms with van der Waals surface area (Å²) in [5, 5.41) is 3.74. The number of aliphatic imine (C=N–C) groups is 1. The Bertz CT molecular complexity index is 442. The van der Waals surface area contributed by atoms with Gasteiger partial charge in [-0.1, -0.05) is 25.3 Å². The number of nitrogens with one attached hydrogen (secondary N) is 1. The summed E-state index contributed by atoms with van der Waals surface area (Å²) in [4.78, 5) is 14.9. The topological polar surface area (TPSA) is 50.7 Å². The highest BCUT2D eigenvalue weighted by molar-refractivity contribution is 5.64. The molecule has 0 amide bonds. The molecule has 0 aromatic rings. The minimum atomic E-state index is 0.187. The van der Waals surface area contributed by atoms with E-state index in [9.17, 15) is 4.79 Å². The first kappa shape index (κ1) is 16.7. The highest BCUT2D eigenvalue weighted by atomic mass is 16.5. The Hall–Kier alpha value is -1.16. The first-order chi connectivity index (χ1) is 11.3. The van der Waals surface area contributed by atoms with Gasteiger partial charge in [0.2, 0.25) is 0 Å². The molecule has 3 rings (SSSR count). The molecule has 0 bridgehead atoms.